The molecule has 0 atom stereocenters. The maximum atomic E-state index is 12.9. The van der Waals surface area contributed by atoms with Crippen molar-refractivity contribution in [3.05, 3.63) is 28.3 Å². The van der Waals surface area contributed by atoms with Gasteiger partial charge in [0.15, 0.2) is 12.1 Å². The molecular weight excluding hydrogens is 207 g/mol. The maximum Gasteiger partial charge on any atom is 0.283 e. The number of hydrogen-bond donors (Lipinski definition) is 0. The predicted octanol–water partition coefficient (Wildman–Crippen LogP) is 2.62. The van der Waals surface area contributed by atoms with Crippen molar-refractivity contribution in [1.82, 2.24) is 4.98 Å². The summed E-state index contributed by atoms with van der Waals surface area (Å²) in [5.74, 6) is -1.32. The summed E-state index contributed by atoms with van der Waals surface area (Å²) in [6.45, 7) is 0. The molecule has 0 aromatic carbocycles. The van der Waals surface area contributed by atoms with Crippen molar-refractivity contribution >= 4 is 17.9 Å². The molecule has 70 valence electrons. The monoisotopic (exact) mass is 209 g/mol. The number of alkyl halides is 2. The van der Waals surface area contributed by atoms with Gasteiger partial charge in [-0.2, -0.15) is 0 Å². The molecule has 0 unspecified atom stereocenters. The van der Waals surface area contributed by atoms with Crippen LogP contribution in [0.3, 0.4) is 0 Å². The second-order valence-corrected chi connectivity index (χ2v) is 2.54. The van der Waals surface area contributed by atoms with Crippen molar-refractivity contribution in [1.29, 1.82) is 0 Å². The molecule has 1 aromatic heterocycles. The number of pyridine rings is 1. The van der Waals surface area contributed by atoms with Crippen molar-refractivity contribution in [3.8, 4) is 0 Å². The summed E-state index contributed by atoms with van der Waals surface area (Å²) >= 11 is 5.27. The molecule has 1 aromatic rings. The van der Waals surface area contributed by atoms with Crippen LogP contribution in [0, 0.1) is 5.82 Å². The molecule has 0 N–H and O–H groups in total. The molecule has 0 saturated carbocycles. The van der Waals surface area contributed by atoms with Crippen molar-refractivity contribution in [3.63, 3.8) is 0 Å². The topological polar surface area (TPSA) is 30.0 Å². The van der Waals surface area contributed by atoms with Crippen LogP contribution in [0.4, 0.5) is 13.2 Å². The summed E-state index contributed by atoms with van der Waals surface area (Å²) in [5, 5.41) is -0.334. The molecule has 0 aliphatic rings. The SMILES string of the molecule is O=Cc1cc(Cl)nc(C(F)F)c1F. The minimum absolute atomic E-state index is 0.106. The number of hydrogen-bond acceptors (Lipinski definition) is 2. The number of nitrogens with zero attached hydrogens (tertiary/aromatic N) is 1. The van der Waals surface area contributed by atoms with Gasteiger partial charge in [-0.05, 0) is 6.07 Å². The van der Waals surface area contributed by atoms with E-state index < -0.39 is 23.5 Å². The van der Waals surface area contributed by atoms with Gasteiger partial charge in [0, 0.05) is 0 Å². The second kappa shape index (κ2) is 3.74. The Morgan fingerprint density at radius 2 is 2.15 bits per heavy atom. The summed E-state index contributed by atoms with van der Waals surface area (Å²) < 4.78 is 37.0. The summed E-state index contributed by atoms with van der Waals surface area (Å²) in [6.07, 6.45) is -2.98. The number of aldehydes is 1. The normalized spacial score (nSPS) is 10.5. The lowest BCUT2D eigenvalue weighted by Gasteiger charge is -2.02. The highest BCUT2D eigenvalue weighted by Crippen LogP contribution is 2.23. The first-order valence-corrected chi connectivity index (χ1v) is 3.53. The first-order valence-electron chi connectivity index (χ1n) is 3.15. The van der Waals surface area contributed by atoms with Gasteiger partial charge in [-0.25, -0.2) is 18.2 Å². The van der Waals surface area contributed by atoms with Crippen LogP contribution in [0.2, 0.25) is 5.15 Å². The van der Waals surface area contributed by atoms with Crippen molar-refractivity contribution in [2.75, 3.05) is 0 Å². The first kappa shape index (κ1) is 9.98. The van der Waals surface area contributed by atoms with Crippen molar-refractivity contribution < 1.29 is 18.0 Å². The summed E-state index contributed by atoms with van der Waals surface area (Å²) in [6, 6.07) is 0.885. The minimum Gasteiger partial charge on any atom is -0.298 e. The Morgan fingerprint density at radius 1 is 1.54 bits per heavy atom. The molecule has 0 radical (unpaired) electrons. The predicted molar refractivity (Wildman–Crippen MR) is 39.5 cm³/mol. The summed E-state index contributed by atoms with van der Waals surface area (Å²) in [7, 11) is 0. The average Bonchev–Trinajstić information content (AvgIpc) is 2.08. The molecule has 0 spiro atoms. The highest BCUT2D eigenvalue weighted by molar-refractivity contribution is 6.29. The van der Waals surface area contributed by atoms with Gasteiger partial charge in [0.1, 0.15) is 10.8 Å². The largest absolute Gasteiger partial charge is 0.298 e. The Hall–Kier alpha value is -1.10. The Labute approximate surface area is 76.3 Å². The number of rotatable bonds is 2. The fourth-order valence-corrected chi connectivity index (χ4v) is 0.975. The quantitative estimate of drug-likeness (QED) is 0.554. The molecule has 0 aliphatic carbocycles. The van der Waals surface area contributed by atoms with Gasteiger partial charge in [-0.15, -0.1) is 0 Å². The van der Waals surface area contributed by atoms with Gasteiger partial charge < -0.3 is 0 Å². The van der Waals surface area contributed by atoms with Crippen LogP contribution in [-0.2, 0) is 0 Å². The number of carbonyl (C=O) groups excluding carboxylic acids is 1. The van der Waals surface area contributed by atoms with Gasteiger partial charge in [-0.3, -0.25) is 4.79 Å². The van der Waals surface area contributed by atoms with E-state index in [1.54, 1.807) is 0 Å². The zero-order valence-electron chi connectivity index (χ0n) is 6.10. The molecule has 1 heterocycles. The molecule has 13 heavy (non-hydrogen) atoms. The lowest BCUT2D eigenvalue weighted by molar-refractivity contribution is 0.111. The van der Waals surface area contributed by atoms with E-state index in [9.17, 15) is 18.0 Å². The van der Waals surface area contributed by atoms with E-state index in [1.165, 1.54) is 0 Å². The highest BCUT2D eigenvalue weighted by Gasteiger charge is 2.19. The second-order valence-electron chi connectivity index (χ2n) is 2.15. The van der Waals surface area contributed by atoms with Crippen molar-refractivity contribution in [2.45, 2.75) is 6.43 Å². The fraction of sp³-hybridized carbons (Fsp3) is 0.143. The van der Waals surface area contributed by atoms with Gasteiger partial charge in [0.25, 0.3) is 6.43 Å². The van der Waals surface area contributed by atoms with E-state index in [0.717, 1.165) is 6.07 Å². The zero-order chi connectivity index (χ0) is 10.0. The van der Waals surface area contributed by atoms with Gasteiger partial charge >= 0.3 is 0 Å². The Kier molecular flexibility index (Phi) is 2.87. The number of carbonyl (C=O) groups is 1. The molecule has 0 amide bonds. The van der Waals surface area contributed by atoms with Crippen LogP contribution in [0.15, 0.2) is 6.07 Å². The van der Waals surface area contributed by atoms with E-state index in [2.05, 4.69) is 4.98 Å². The molecular formula is C7H3ClF3NO. The average molecular weight is 210 g/mol. The minimum atomic E-state index is -3.09. The zero-order valence-corrected chi connectivity index (χ0v) is 6.86. The first-order chi connectivity index (χ1) is 6.06. The van der Waals surface area contributed by atoms with Crippen molar-refractivity contribution in [2.24, 2.45) is 0 Å². The van der Waals surface area contributed by atoms with E-state index in [4.69, 9.17) is 11.6 Å². The standard InChI is InChI=1S/C7H3ClF3NO/c8-4-1-3(2-13)5(9)6(12-4)7(10)11/h1-2,7H. The third-order valence-electron chi connectivity index (χ3n) is 1.31. The Balaban J connectivity index is 3.35. The molecule has 6 heteroatoms. The van der Waals surface area contributed by atoms with E-state index in [1.807, 2.05) is 0 Å². The van der Waals surface area contributed by atoms with E-state index in [-0.39, 0.29) is 11.4 Å². The van der Waals surface area contributed by atoms with Gasteiger partial charge in [0.05, 0.1) is 5.56 Å². The summed E-state index contributed by atoms with van der Waals surface area (Å²) in [4.78, 5) is 13.2. The number of aromatic nitrogens is 1. The highest BCUT2D eigenvalue weighted by atomic mass is 35.5. The smallest absolute Gasteiger partial charge is 0.283 e. The number of halogens is 4. The van der Waals surface area contributed by atoms with Gasteiger partial charge in [-0.1, -0.05) is 11.6 Å². The van der Waals surface area contributed by atoms with Crippen LogP contribution in [0.5, 0.6) is 0 Å². The van der Waals surface area contributed by atoms with Crippen LogP contribution in [0.25, 0.3) is 0 Å². The molecule has 0 aliphatic heterocycles. The van der Waals surface area contributed by atoms with Crippen LogP contribution < -0.4 is 0 Å². The van der Waals surface area contributed by atoms with Gasteiger partial charge in [0.2, 0.25) is 0 Å². The fourth-order valence-electron chi connectivity index (χ4n) is 0.766. The van der Waals surface area contributed by atoms with Crippen LogP contribution >= 0.6 is 11.6 Å². The Bertz CT molecular complexity index is 343. The lowest BCUT2D eigenvalue weighted by atomic mass is 10.2. The van der Waals surface area contributed by atoms with Crippen LogP contribution in [-0.4, -0.2) is 11.3 Å². The molecule has 0 bridgehead atoms. The maximum absolute atomic E-state index is 12.9. The molecule has 0 fully saturated rings. The van der Waals surface area contributed by atoms with Crippen LogP contribution in [0.1, 0.15) is 22.5 Å². The molecule has 1 rings (SSSR count). The van der Waals surface area contributed by atoms with E-state index >= 15 is 0 Å². The summed E-state index contributed by atoms with van der Waals surface area (Å²) in [5.41, 5.74) is -1.62. The lowest BCUT2D eigenvalue weighted by Crippen LogP contribution is -2.00. The van der Waals surface area contributed by atoms with E-state index in [0.29, 0.717) is 0 Å². The molecule has 0 saturated heterocycles. The molecule has 2 nitrogen and oxygen atoms in total. The third kappa shape index (κ3) is 1.98. The Morgan fingerprint density at radius 3 is 2.62 bits per heavy atom. The third-order valence-corrected chi connectivity index (χ3v) is 1.51.